The summed E-state index contributed by atoms with van der Waals surface area (Å²) in [7, 11) is 1.79. The van der Waals surface area contributed by atoms with Gasteiger partial charge in [0.25, 0.3) is 0 Å². The fraction of sp³-hybridized carbons (Fsp3) is 0.222. The molecule has 3 rings (SSSR count). The van der Waals surface area contributed by atoms with Gasteiger partial charge in [-0.3, -0.25) is 4.79 Å². The van der Waals surface area contributed by atoms with Crippen molar-refractivity contribution in [3.63, 3.8) is 0 Å². The topological polar surface area (TPSA) is 46.3 Å². The number of carbonyl (C=O) groups is 1. The average Bonchev–Trinajstić information content (AvgIpc) is 3.03. The molecule has 0 aliphatic carbocycles. The van der Waals surface area contributed by atoms with Crippen molar-refractivity contribution >= 4 is 40.2 Å². The molecule has 4 nitrogen and oxygen atoms in total. The molecule has 24 heavy (non-hydrogen) atoms. The number of fused-ring (bicyclic) bond motifs is 1. The molecule has 124 valence electrons. The van der Waals surface area contributed by atoms with Gasteiger partial charge in [-0.2, -0.15) is 0 Å². The smallest absolute Gasteiger partial charge is 0.233 e. The standard InChI is InChI=1S/C18H17ClN2O2S/c1-12(16-9-13-5-3-4-6-15(13)23-16)21(2)18(22)11-24-17-8-7-14(19)10-20-17/h3-10,12H,11H2,1-2H3. The first kappa shape index (κ1) is 16.9. The second kappa shape index (κ2) is 7.28. The maximum absolute atomic E-state index is 12.4. The molecule has 1 amide bonds. The van der Waals surface area contributed by atoms with Crippen LogP contribution in [0.15, 0.2) is 58.1 Å². The van der Waals surface area contributed by atoms with Crippen LogP contribution in [0, 0.1) is 0 Å². The number of rotatable bonds is 5. The summed E-state index contributed by atoms with van der Waals surface area (Å²) in [6.45, 7) is 1.96. The van der Waals surface area contributed by atoms with E-state index in [0.29, 0.717) is 10.8 Å². The van der Waals surface area contributed by atoms with Crippen molar-refractivity contribution in [1.29, 1.82) is 0 Å². The third-order valence-electron chi connectivity index (χ3n) is 3.87. The minimum Gasteiger partial charge on any atom is -0.459 e. The van der Waals surface area contributed by atoms with Crippen LogP contribution >= 0.6 is 23.4 Å². The van der Waals surface area contributed by atoms with Gasteiger partial charge in [0.15, 0.2) is 0 Å². The molecule has 0 saturated carbocycles. The number of hydrogen-bond acceptors (Lipinski definition) is 4. The molecule has 0 radical (unpaired) electrons. The summed E-state index contributed by atoms with van der Waals surface area (Å²) < 4.78 is 5.85. The minimum atomic E-state index is -0.135. The molecular formula is C18H17ClN2O2S. The van der Waals surface area contributed by atoms with E-state index in [1.54, 1.807) is 24.2 Å². The Kier molecular flexibility index (Phi) is 5.11. The van der Waals surface area contributed by atoms with Crippen LogP contribution in [-0.4, -0.2) is 28.6 Å². The van der Waals surface area contributed by atoms with Crippen LogP contribution in [0.2, 0.25) is 5.02 Å². The van der Waals surface area contributed by atoms with E-state index in [0.717, 1.165) is 21.8 Å². The number of para-hydroxylation sites is 1. The molecule has 2 heterocycles. The fourth-order valence-corrected chi connectivity index (χ4v) is 3.18. The average molecular weight is 361 g/mol. The van der Waals surface area contributed by atoms with Gasteiger partial charge >= 0.3 is 0 Å². The highest BCUT2D eigenvalue weighted by atomic mass is 35.5. The molecule has 2 aromatic heterocycles. The van der Waals surface area contributed by atoms with E-state index >= 15 is 0 Å². The first-order chi connectivity index (χ1) is 11.5. The van der Waals surface area contributed by atoms with Gasteiger partial charge < -0.3 is 9.32 Å². The number of benzene rings is 1. The van der Waals surface area contributed by atoms with Crippen molar-refractivity contribution in [2.75, 3.05) is 12.8 Å². The van der Waals surface area contributed by atoms with Gasteiger partial charge in [-0.15, -0.1) is 0 Å². The van der Waals surface area contributed by atoms with Crippen LogP contribution in [0.4, 0.5) is 0 Å². The first-order valence-electron chi connectivity index (χ1n) is 7.53. The molecule has 1 atom stereocenters. The Morgan fingerprint density at radius 2 is 2.12 bits per heavy atom. The zero-order chi connectivity index (χ0) is 17.1. The molecule has 1 aromatic carbocycles. The number of hydrogen-bond donors (Lipinski definition) is 0. The van der Waals surface area contributed by atoms with Crippen molar-refractivity contribution < 1.29 is 9.21 Å². The molecule has 0 saturated heterocycles. The highest BCUT2D eigenvalue weighted by Gasteiger charge is 2.20. The maximum Gasteiger partial charge on any atom is 0.233 e. The monoisotopic (exact) mass is 360 g/mol. The van der Waals surface area contributed by atoms with E-state index in [1.807, 2.05) is 43.3 Å². The Hall–Kier alpha value is -1.98. The molecule has 6 heteroatoms. The Morgan fingerprint density at radius 1 is 1.33 bits per heavy atom. The highest BCUT2D eigenvalue weighted by Crippen LogP contribution is 2.27. The zero-order valence-corrected chi connectivity index (χ0v) is 15.0. The van der Waals surface area contributed by atoms with Crippen LogP contribution in [0.25, 0.3) is 11.0 Å². The van der Waals surface area contributed by atoms with E-state index in [1.165, 1.54) is 11.8 Å². The maximum atomic E-state index is 12.4. The third-order valence-corrected chi connectivity index (χ3v) is 5.03. The summed E-state index contributed by atoms with van der Waals surface area (Å²) in [5.74, 6) is 1.11. The van der Waals surface area contributed by atoms with Gasteiger partial charge in [0.1, 0.15) is 11.3 Å². The van der Waals surface area contributed by atoms with E-state index in [-0.39, 0.29) is 11.9 Å². The molecule has 0 aliphatic heterocycles. The molecular weight excluding hydrogens is 344 g/mol. The van der Waals surface area contributed by atoms with E-state index in [2.05, 4.69) is 4.98 Å². The molecule has 0 aliphatic rings. The van der Waals surface area contributed by atoms with E-state index in [4.69, 9.17) is 16.0 Å². The second-order valence-electron chi connectivity index (χ2n) is 5.47. The van der Waals surface area contributed by atoms with Crippen molar-refractivity contribution in [2.24, 2.45) is 0 Å². The molecule has 0 N–H and O–H groups in total. The van der Waals surface area contributed by atoms with Gasteiger partial charge in [0.2, 0.25) is 5.91 Å². The number of amides is 1. The third kappa shape index (κ3) is 3.74. The van der Waals surface area contributed by atoms with Crippen molar-refractivity contribution in [1.82, 2.24) is 9.88 Å². The lowest BCUT2D eigenvalue weighted by Gasteiger charge is -2.23. The predicted molar refractivity (Wildman–Crippen MR) is 97.4 cm³/mol. The summed E-state index contributed by atoms with van der Waals surface area (Å²) >= 11 is 7.20. The van der Waals surface area contributed by atoms with Crippen molar-refractivity contribution in [3.8, 4) is 0 Å². The number of aromatic nitrogens is 1. The number of nitrogens with zero attached hydrogens (tertiary/aromatic N) is 2. The summed E-state index contributed by atoms with van der Waals surface area (Å²) in [5, 5.41) is 2.40. The lowest BCUT2D eigenvalue weighted by atomic mass is 10.2. The number of pyridine rings is 1. The Morgan fingerprint density at radius 3 is 2.83 bits per heavy atom. The van der Waals surface area contributed by atoms with E-state index < -0.39 is 0 Å². The Bertz CT molecular complexity index is 815. The number of furan rings is 1. The lowest BCUT2D eigenvalue weighted by molar-refractivity contribution is -0.129. The SMILES string of the molecule is CC(c1cc2ccccc2o1)N(C)C(=O)CSc1ccc(Cl)cn1. The van der Waals surface area contributed by atoms with Crippen LogP contribution in [-0.2, 0) is 4.79 Å². The Labute approximate surface area is 149 Å². The molecule has 0 fully saturated rings. The molecule has 1 unspecified atom stereocenters. The summed E-state index contributed by atoms with van der Waals surface area (Å²) in [4.78, 5) is 18.3. The fourth-order valence-electron chi connectivity index (χ4n) is 2.30. The van der Waals surface area contributed by atoms with Gasteiger partial charge in [-0.1, -0.05) is 41.6 Å². The number of thioether (sulfide) groups is 1. The molecule has 3 aromatic rings. The van der Waals surface area contributed by atoms with Gasteiger partial charge in [-0.05, 0) is 31.2 Å². The molecule has 0 bridgehead atoms. The summed E-state index contributed by atoms with van der Waals surface area (Å²) in [5.41, 5.74) is 0.833. The first-order valence-corrected chi connectivity index (χ1v) is 8.89. The Balaban J connectivity index is 1.64. The summed E-state index contributed by atoms with van der Waals surface area (Å²) in [6, 6.07) is 13.3. The number of halogens is 1. The second-order valence-corrected chi connectivity index (χ2v) is 6.90. The summed E-state index contributed by atoms with van der Waals surface area (Å²) in [6.07, 6.45) is 1.58. The quantitative estimate of drug-likeness (QED) is 0.613. The van der Waals surface area contributed by atoms with Crippen LogP contribution in [0.3, 0.4) is 0 Å². The molecule has 0 spiro atoms. The van der Waals surface area contributed by atoms with E-state index in [9.17, 15) is 4.79 Å². The van der Waals surface area contributed by atoms with Gasteiger partial charge in [-0.25, -0.2) is 4.98 Å². The van der Waals surface area contributed by atoms with Crippen LogP contribution in [0.5, 0.6) is 0 Å². The van der Waals surface area contributed by atoms with Gasteiger partial charge in [0.05, 0.1) is 21.8 Å². The highest BCUT2D eigenvalue weighted by molar-refractivity contribution is 7.99. The number of carbonyl (C=O) groups excluding carboxylic acids is 1. The van der Waals surface area contributed by atoms with Gasteiger partial charge in [0, 0.05) is 18.6 Å². The normalized spacial score (nSPS) is 12.3. The van der Waals surface area contributed by atoms with Crippen molar-refractivity contribution in [3.05, 3.63) is 59.4 Å². The van der Waals surface area contributed by atoms with Crippen molar-refractivity contribution in [2.45, 2.75) is 18.0 Å². The largest absolute Gasteiger partial charge is 0.459 e. The lowest BCUT2D eigenvalue weighted by Crippen LogP contribution is -2.30. The predicted octanol–water partition coefficient (Wildman–Crippen LogP) is 4.79. The van der Waals surface area contributed by atoms with Crippen LogP contribution < -0.4 is 0 Å². The minimum absolute atomic E-state index is 0.0182. The zero-order valence-electron chi connectivity index (χ0n) is 13.4. The van der Waals surface area contributed by atoms with Crippen LogP contribution in [0.1, 0.15) is 18.7 Å².